The van der Waals surface area contributed by atoms with E-state index in [0.29, 0.717) is 54.2 Å². The van der Waals surface area contributed by atoms with Crippen LogP contribution in [0, 0.1) is 0 Å². The van der Waals surface area contributed by atoms with Gasteiger partial charge < -0.3 is 19.1 Å². The number of anilines is 1. The summed E-state index contributed by atoms with van der Waals surface area (Å²) in [6.07, 6.45) is 4.13. The molecule has 3 aliphatic rings. The van der Waals surface area contributed by atoms with E-state index in [1.165, 1.54) is 25.5 Å². The molecule has 0 aromatic heterocycles. The number of likely N-dealkylation sites (tertiary alicyclic amines) is 1. The summed E-state index contributed by atoms with van der Waals surface area (Å²) in [6.45, 7) is 1.21. The highest BCUT2D eigenvalue weighted by molar-refractivity contribution is 6.07. The van der Waals surface area contributed by atoms with E-state index in [9.17, 15) is 13.6 Å². The number of rotatable bonds is 9. The largest absolute Gasteiger partial charge is 0.493 e. The maximum Gasteiger partial charge on any atom is 0.294 e. The molecule has 0 bridgehead atoms. The Kier molecular flexibility index (Phi) is 6.16. The molecule has 2 fully saturated rings. The fraction of sp³-hybridized carbons (Fsp3) is 0.423. The Hall–Kier alpha value is -3.13. The predicted octanol–water partition coefficient (Wildman–Crippen LogP) is 4.60. The molecule has 0 radical (unpaired) electrons. The fourth-order valence-corrected chi connectivity index (χ4v) is 4.36. The first-order chi connectivity index (χ1) is 16.4. The zero-order valence-corrected chi connectivity index (χ0v) is 19.1. The van der Waals surface area contributed by atoms with E-state index in [0.717, 1.165) is 0 Å². The zero-order valence-electron chi connectivity index (χ0n) is 19.1. The number of hydrogen-bond acceptors (Lipinski definition) is 5. The van der Waals surface area contributed by atoms with E-state index in [-0.39, 0.29) is 25.5 Å². The highest BCUT2D eigenvalue weighted by atomic mass is 19.3. The smallest absolute Gasteiger partial charge is 0.294 e. The Morgan fingerprint density at radius 1 is 1.09 bits per heavy atom. The van der Waals surface area contributed by atoms with E-state index >= 15 is 0 Å². The number of nitrogens with zero attached hydrogens (tertiary/aromatic N) is 2. The molecule has 8 heteroatoms. The summed E-state index contributed by atoms with van der Waals surface area (Å²) in [5.41, 5.74) is 1.97. The minimum atomic E-state index is -2.61. The lowest BCUT2D eigenvalue weighted by molar-refractivity contribution is -0.116. The summed E-state index contributed by atoms with van der Waals surface area (Å²) in [4.78, 5) is 16.2. The van der Waals surface area contributed by atoms with E-state index in [4.69, 9.17) is 14.2 Å². The second kappa shape index (κ2) is 9.25. The van der Waals surface area contributed by atoms with Crippen LogP contribution in [0.25, 0.3) is 0 Å². The summed E-state index contributed by atoms with van der Waals surface area (Å²) in [5, 5.41) is 0. The fourth-order valence-electron chi connectivity index (χ4n) is 4.36. The van der Waals surface area contributed by atoms with E-state index < -0.39 is 5.92 Å². The van der Waals surface area contributed by atoms with E-state index in [1.54, 1.807) is 34.1 Å². The van der Waals surface area contributed by atoms with Gasteiger partial charge >= 0.3 is 0 Å². The summed E-state index contributed by atoms with van der Waals surface area (Å²) >= 11 is 0. The molecule has 0 N–H and O–H groups in total. The van der Waals surface area contributed by atoms with Gasteiger partial charge in [-0.25, -0.2) is 8.78 Å². The molecule has 0 unspecified atom stereocenters. The van der Waals surface area contributed by atoms with Crippen molar-refractivity contribution >= 4 is 11.6 Å². The van der Waals surface area contributed by atoms with Crippen LogP contribution < -0.4 is 19.1 Å². The first-order valence-corrected chi connectivity index (χ1v) is 11.6. The monoisotopic (exact) mass is 470 g/mol. The summed E-state index contributed by atoms with van der Waals surface area (Å²) in [5.74, 6) is -0.256. The van der Waals surface area contributed by atoms with Crippen LogP contribution >= 0.6 is 0 Å². The van der Waals surface area contributed by atoms with Gasteiger partial charge in [0.05, 0.1) is 13.7 Å². The average Bonchev–Trinajstić information content (AvgIpc) is 3.54. The second-order valence-electron chi connectivity index (χ2n) is 9.00. The topological polar surface area (TPSA) is 51.2 Å². The SMILES string of the molecule is COc1cc(N2CC=C(Oc3ccc(C4CC4)cc3)C2=O)ccc1OCCN1CCC(F)(F)C1. The number of halogens is 2. The molecule has 5 rings (SSSR count). The number of amides is 1. The molecule has 1 amide bonds. The van der Waals surface area contributed by atoms with Gasteiger partial charge in [-0.1, -0.05) is 12.1 Å². The lowest BCUT2D eigenvalue weighted by Gasteiger charge is -2.20. The normalized spacial score (nSPS) is 19.9. The number of carbonyl (C=O) groups is 1. The zero-order chi connectivity index (χ0) is 23.7. The summed E-state index contributed by atoms with van der Waals surface area (Å²) in [7, 11) is 1.52. The number of ether oxygens (including phenoxy) is 3. The minimum absolute atomic E-state index is 0.111. The van der Waals surface area contributed by atoms with Crippen molar-refractivity contribution in [1.29, 1.82) is 0 Å². The van der Waals surface area contributed by atoms with Crippen molar-refractivity contribution in [3.63, 3.8) is 0 Å². The number of carbonyl (C=O) groups excluding carboxylic acids is 1. The molecule has 2 aromatic carbocycles. The van der Waals surface area contributed by atoms with Crippen LogP contribution in [0.2, 0.25) is 0 Å². The van der Waals surface area contributed by atoms with Crippen molar-refractivity contribution in [3.05, 3.63) is 59.9 Å². The highest BCUT2D eigenvalue weighted by Crippen LogP contribution is 2.40. The van der Waals surface area contributed by atoms with Crippen molar-refractivity contribution in [3.8, 4) is 17.2 Å². The minimum Gasteiger partial charge on any atom is -0.493 e. The van der Waals surface area contributed by atoms with Gasteiger partial charge in [0.25, 0.3) is 11.8 Å². The molecule has 2 aromatic rings. The molecule has 1 aliphatic carbocycles. The van der Waals surface area contributed by atoms with Gasteiger partial charge in [0.1, 0.15) is 12.4 Å². The van der Waals surface area contributed by atoms with Crippen molar-refractivity contribution in [1.82, 2.24) is 4.90 Å². The van der Waals surface area contributed by atoms with Gasteiger partial charge in [0.15, 0.2) is 17.3 Å². The molecular weight excluding hydrogens is 442 g/mol. The summed E-state index contributed by atoms with van der Waals surface area (Å²) < 4.78 is 43.8. The van der Waals surface area contributed by atoms with Gasteiger partial charge in [0, 0.05) is 37.8 Å². The Morgan fingerprint density at radius 2 is 1.88 bits per heavy atom. The van der Waals surface area contributed by atoms with Crippen molar-refractivity contribution in [2.75, 3.05) is 44.8 Å². The van der Waals surface area contributed by atoms with Gasteiger partial charge in [0.2, 0.25) is 0 Å². The number of benzene rings is 2. The number of hydrogen-bond donors (Lipinski definition) is 0. The van der Waals surface area contributed by atoms with E-state index in [2.05, 4.69) is 12.1 Å². The van der Waals surface area contributed by atoms with Crippen LogP contribution in [0.15, 0.2) is 54.3 Å². The molecule has 1 saturated heterocycles. The predicted molar refractivity (Wildman–Crippen MR) is 124 cm³/mol. The van der Waals surface area contributed by atoms with Gasteiger partial charge in [-0.3, -0.25) is 9.69 Å². The number of methoxy groups -OCH3 is 1. The third-order valence-electron chi connectivity index (χ3n) is 6.44. The quantitative estimate of drug-likeness (QED) is 0.536. The van der Waals surface area contributed by atoms with Crippen LogP contribution in [0.3, 0.4) is 0 Å². The Labute approximate surface area is 197 Å². The third-order valence-corrected chi connectivity index (χ3v) is 6.44. The molecule has 6 nitrogen and oxygen atoms in total. The molecule has 180 valence electrons. The molecular formula is C26H28F2N2O4. The van der Waals surface area contributed by atoms with Crippen LogP contribution in [-0.2, 0) is 4.79 Å². The van der Waals surface area contributed by atoms with E-state index in [1.807, 2.05) is 12.1 Å². The molecule has 2 heterocycles. The molecule has 34 heavy (non-hydrogen) atoms. The summed E-state index contributed by atoms with van der Waals surface area (Å²) in [6, 6.07) is 13.2. The molecule has 2 aliphatic heterocycles. The molecule has 0 atom stereocenters. The average molecular weight is 471 g/mol. The molecule has 1 saturated carbocycles. The maximum atomic E-state index is 13.3. The standard InChI is InChI=1S/C26H28F2N2O4/c1-32-24-16-20(6-9-22(24)33-15-14-29-13-11-26(27,28)17-29)30-12-10-23(25(30)31)34-21-7-4-19(5-8-21)18-2-3-18/h4-10,16,18H,2-3,11-15,17H2,1H3. The van der Waals surface area contributed by atoms with Crippen LogP contribution in [0.5, 0.6) is 17.2 Å². The highest BCUT2D eigenvalue weighted by Gasteiger charge is 2.37. The van der Waals surface area contributed by atoms with Crippen molar-refractivity contribution in [2.45, 2.75) is 31.1 Å². The number of alkyl halides is 2. The van der Waals surface area contributed by atoms with Crippen LogP contribution in [0.4, 0.5) is 14.5 Å². The molecule has 0 spiro atoms. The Balaban J connectivity index is 1.18. The van der Waals surface area contributed by atoms with Crippen LogP contribution in [0.1, 0.15) is 30.7 Å². The Morgan fingerprint density at radius 3 is 2.56 bits per heavy atom. The van der Waals surface area contributed by atoms with Gasteiger partial charge in [-0.15, -0.1) is 0 Å². The maximum absolute atomic E-state index is 13.3. The van der Waals surface area contributed by atoms with Crippen molar-refractivity contribution in [2.24, 2.45) is 0 Å². The first-order valence-electron chi connectivity index (χ1n) is 11.6. The third kappa shape index (κ3) is 5.01. The first kappa shape index (κ1) is 22.7. The van der Waals surface area contributed by atoms with Gasteiger partial charge in [-0.05, 0) is 54.7 Å². The van der Waals surface area contributed by atoms with Gasteiger partial charge in [-0.2, -0.15) is 0 Å². The second-order valence-corrected chi connectivity index (χ2v) is 9.00. The van der Waals surface area contributed by atoms with Crippen molar-refractivity contribution < 1.29 is 27.8 Å². The lowest BCUT2D eigenvalue weighted by Crippen LogP contribution is -2.29. The van der Waals surface area contributed by atoms with Crippen LogP contribution in [-0.4, -0.2) is 56.6 Å². The Bertz CT molecular complexity index is 1080. The lowest BCUT2D eigenvalue weighted by atomic mass is 10.1.